The number of carbonyl (C=O) groups is 2. The first-order valence-electron chi connectivity index (χ1n) is 9.01. The molecule has 1 aliphatic rings. The first-order valence-corrected chi connectivity index (χ1v) is 9.01. The standard InChI is InChI=1S/C19H22N4O5/c1-12-18(23(26)27)13(2)22(20-12)11-17(24)28-14(3)19(25)21-9-8-15-6-4-5-7-16(15)10-21/h4-7,14H,8-11H2,1-3H3/t14-/m0/s1. The SMILES string of the molecule is Cc1nn(CC(=O)O[C@@H](C)C(=O)N2CCc3ccccc3C2)c(C)c1[N+](=O)[O-]. The highest BCUT2D eigenvalue weighted by molar-refractivity contribution is 5.83. The Bertz CT molecular complexity index is 936. The lowest BCUT2D eigenvalue weighted by molar-refractivity contribution is -0.386. The zero-order valence-corrected chi connectivity index (χ0v) is 16.0. The van der Waals surface area contributed by atoms with Crippen LogP contribution in [0.5, 0.6) is 0 Å². The number of ether oxygens (including phenoxy) is 1. The summed E-state index contributed by atoms with van der Waals surface area (Å²) in [5.41, 5.74) is 2.69. The average molecular weight is 386 g/mol. The molecule has 9 nitrogen and oxygen atoms in total. The minimum atomic E-state index is -0.940. The molecule has 1 aromatic carbocycles. The maximum Gasteiger partial charge on any atom is 0.328 e. The summed E-state index contributed by atoms with van der Waals surface area (Å²) in [5, 5.41) is 15.1. The quantitative estimate of drug-likeness (QED) is 0.441. The van der Waals surface area contributed by atoms with E-state index in [0.29, 0.717) is 13.1 Å². The second-order valence-corrected chi connectivity index (χ2v) is 6.84. The van der Waals surface area contributed by atoms with Crippen molar-refractivity contribution in [2.75, 3.05) is 6.54 Å². The Morgan fingerprint density at radius 2 is 1.96 bits per heavy atom. The lowest BCUT2D eigenvalue weighted by Crippen LogP contribution is -2.43. The highest BCUT2D eigenvalue weighted by Gasteiger charge is 2.28. The van der Waals surface area contributed by atoms with Crippen LogP contribution >= 0.6 is 0 Å². The van der Waals surface area contributed by atoms with Crippen molar-refractivity contribution in [1.82, 2.24) is 14.7 Å². The summed E-state index contributed by atoms with van der Waals surface area (Å²) in [5.74, 6) is -0.930. The van der Waals surface area contributed by atoms with Gasteiger partial charge in [0.05, 0.1) is 4.92 Å². The van der Waals surface area contributed by atoms with Crippen LogP contribution in [0.4, 0.5) is 5.69 Å². The zero-order chi connectivity index (χ0) is 20.4. The Balaban J connectivity index is 1.61. The third-order valence-corrected chi connectivity index (χ3v) is 4.90. The summed E-state index contributed by atoms with van der Waals surface area (Å²) in [4.78, 5) is 37.1. The molecule has 1 atom stereocenters. The Morgan fingerprint density at radius 3 is 2.61 bits per heavy atom. The number of amides is 1. The van der Waals surface area contributed by atoms with Gasteiger partial charge in [-0.1, -0.05) is 24.3 Å². The van der Waals surface area contributed by atoms with Gasteiger partial charge in [0, 0.05) is 13.1 Å². The van der Waals surface area contributed by atoms with E-state index in [0.717, 1.165) is 12.0 Å². The van der Waals surface area contributed by atoms with E-state index in [2.05, 4.69) is 5.10 Å². The van der Waals surface area contributed by atoms with Crippen LogP contribution in [0.3, 0.4) is 0 Å². The van der Waals surface area contributed by atoms with Crippen LogP contribution in [0.15, 0.2) is 24.3 Å². The molecule has 0 fully saturated rings. The fourth-order valence-corrected chi connectivity index (χ4v) is 3.45. The molecule has 0 N–H and O–H groups in total. The molecule has 0 aliphatic carbocycles. The van der Waals surface area contributed by atoms with Gasteiger partial charge in [0.25, 0.3) is 5.91 Å². The van der Waals surface area contributed by atoms with Gasteiger partial charge in [0.15, 0.2) is 6.10 Å². The van der Waals surface area contributed by atoms with Crippen molar-refractivity contribution in [1.29, 1.82) is 0 Å². The average Bonchev–Trinajstić information content (AvgIpc) is 2.93. The third kappa shape index (κ3) is 3.88. The van der Waals surface area contributed by atoms with E-state index in [4.69, 9.17) is 4.74 Å². The Hall–Kier alpha value is -3.23. The van der Waals surface area contributed by atoms with E-state index in [9.17, 15) is 19.7 Å². The molecule has 1 aromatic heterocycles. The van der Waals surface area contributed by atoms with Gasteiger partial charge >= 0.3 is 11.7 Å². The smallest absolute Gasteiger partial charge is 0.328 e. The molecule has 148 valence electrons. The highest BCUT2D eigenvalue weighted by atomic mass is 16.6. The second kappa shape index (κ2) is 7.79. The monoisotopic (exact) mass is 386 g/mol. The number of nitrogens with zero attached hydrogens (tertiary/aromatic N) is 4. The second-order valence-electron chi connectivity index (χ2n) is 6.84. The van der Waals surface area contributed by atoms with Crippen LogP contribution in [0.25, 0.3) is 0 Å². The number of hydrogen-bond acceptors (Lipinski definition) is 6. The van der Waals surface area contributed by atoms with Crippen molar-refractivity contribution in [3.8, 4) is 0 Å². The lowest BCUT2D eigenvalue weighted by atomic mass is 9.99. The van der Waals surface area contributed by atoms with Crippen LogP contribution in [-0.2, 0) is 33.8 Å². The predicted molar refractivity (Wildman–Crippen MR) is 99.5 cm³/mol. The van der Waals surface area contributed by atoms with Gasteiger partial charge in [0.1, 0.15) is 17.9 Å². The molecule has 3 rings (SSSR count). The molecule has 2 heterocycles. The number of benzene rings is 1. The molecule has 1 amide bonds. The van der Waals surface area contributed by atoms with Gasteiger partial charge in [-0.2, -0.15) is 5.10 Å². The molecule has 0 unspecified atom stereocenters. The van der Waals surface area contributed by atoms with E-state index in [1.54, 1.807) is 4.90 Å². The lowest BCUT2D eigenvalue weighted by Gasteiger charge is -2.30. The number of rotatable bonds is 5. The molecule has 0 saturated heterocycles. The third-order valence-electron chi connectivity index (χ3n) is 4.90. The first-order chi connectivity index (χ1) is 13.3. The fourth-order valence-electron chi connectivity index (χ4n) is 3.45. The van der Waals surface area contributed by atoms with Gasteiger partial charge in [-0.05, 0) is 38.3 Å². The summed E-state index contributed by atoms with van der Waals surface area (Å²) in [7, 11) is 0. The minimum Gasteiger partial charge on any atom is -0.451 e. The predicted octanol–water partition coefficient (Wildman–Crippen LogP) is 1.92. The number of fused-ring (bicyclic) bond motifs is 1. The minimum absolute atomic E-state index is 0.121. The fraction of sp³-hybridized carbons (Fsp3) is 0.421. The number of esters is 1. The number of aryl methyl sites for hydroxylation is 1. The largest absolute Gasteiger partial charge is 0.451 e. The number of aromatic nitrogens is 2. The van der Waals surface area contributed by atoms with Crippen LogP contribution in [0.2, 0.25) is 0 Å². The van der Waals surface area contributed by atoms with Gasteiger partial charge in [0.2, 0.25) is 0 Å². The molecule has 0 saturated carbocycles. The van der Waals surface area contributed by atoms with Crippen molar-refractivity contribution < 1.29 is 19.2 Å². The normalized spacial score (nSPS) is 14.3. The van der Waals surface area contributed by atoms with Crippen LogP contribution in [-0.4, -0.2) is 44.1 Å². The summed E-state index contributed by atoms with van der Waals surface area (Å²) in [6.45, 7) is 5.33. The molecule has 0 radical (unpaired) electrons. The van der Waals surface area contributed by atoms with Gasteiger partial charge in [-0.15, -0.1) is 0 Å². The van der Waals surface area contributed by atoms with E-state index in [-0.39, 0.29) is 29.5 Å². The van der Waals surface area contributed by atoms with Crippen LogP contribution < -0.4 is 0 Å². The molecule has 9 heteroatoms. The van der Waals surface area contributed by atoms with Crippen molar-refractivity contribution in [3.63, 3.8) is 0 Å². The maximum atomic E-state index is 12.6. The first kappa shape index (κ1) is 19.5. The molecule has 1 aliphatic heterocycles. The number of nitro groups is 1. The number of hydrogen-bond donors (Lipinski definition) is 0. The van der Waals surface area contributed by atoms with Crippen molar-refractivity contribution in [3.05, 3.63) is 56.9 Å². The Kier molecular flexibility index (Phi) is 5.43. The van der Waals surface area contributed by atoms with E-state index in [1.807, 2.05) is 24.3 Å². The van der Waals surface area contributed by atoms with Crippen molar-refractivity contribution in [2.45, 2.75) is 46.4 Å². The summed E-state index contributed by atoms with van der Waals surface area (Å²) in [6.07, 6.45) is -0.178. The Morgan fingerprint density at radius 1 is 1.29 bits per heavy atom. The molecular weight excluding hydrogens is 364 g/mol. The molecular formula is C19H22N4O5. The molecule has 2 aromatic rings. The number of carbonyl (C=O) groups excluding carboxylic acids is 2. The van der Waals surface area contributed by atoms with Gasteiger partial charge in [-0.25, -0.2) is 0 Å². The zero-order valence-electron chi connectivity index (χ0n) is 16.0. The molecule has 28 heavy (non-hydrogen) atoms. The van der Waals surface area contributed by atoms with E-state index >= 15 is 0 Å². The summed E-state index contributed by atoms with van der Waals surface area (Å²) in [6, 6.07) is 7.95. The van der Waals surface area contributed by atoms with E-state index in [1.165, 1.54) is 31.0 Å². The van der Waals surface area contributed by atoms with Gasteiger partial charge < -0.3 is 9.64 Å². The van der Waals surface area contributed by atoms with Crippen LogP contribution in [0, 0.1) is 24.0 Å². The van der Waals surface area contributed by atoms with Crippen LogP contribution in [0.1, 0.15) is 29.4 Å². The summed E-state index contributed by atoms with van der Waals surface area (Å²) < 4.78 is 6.49. The molecule has 0 bridgehead atoms. The summed E-state index contributed by atoms with van der Waals surface area (Å²) >= 11 is 0. The maximum absolute atomic E-state index is 12.6. The Labute approximate surface area is 162 Å². The van der Waals surface area contributed by atoms with Crippen molar-refractivity contribution >= 4 is 17.6 Å². The van der Waals surface area contributed by atoms with E-state index < -0.39 is 17.0 Å². The van der Waals surface area contributed by atoms with Gasteiger partial charge in [-0.3, -0.25) is 24.4 Å². The highest BCUT2D eigenvalue weighted by Crippen LogP contribution is 2.22. The van der Waals surface area contributed by atoms with Crippen molar-refractivity contribution in [2.24, 2.45) is 0 Å². The molecule has 0 spiro atoms. The topological polar surface area (TPSA) is 108 Å².